The molecule has 44 heavy (non-hydrogen) atoms. The Morgan fingerprint density at radius 2 is 1.36 bits per heavy atom. The van der Waals surface area contributed by atoms with Gasteiger partial charge in [-0.05, 0) is 50.5 Å². The topological polar surface area (TPSA) is 149 Å². The highest BCUT2D eigenvalue weighted by atomic mass is 31.2. The molecule has 0 aromatic heterocycles. The second-order valence-corrected chi connectivity index (χ2v) is 15.5. The van der Waals surface area contributed by atoms with Crippen LogP contribution in [0, 0.1) is 17.8 Å². The standard InChI is InChI=1S/C32H54N3O8P/c1-11-22(5)27(29(37)33-25(18-21(3)4)44(40,41-10)20-26(36)43-32(7,8)9)34-30(38)28(23(6)12-2)35-31(39)42-19-24-16-14-13-15-17-24/h13-17,21-23,25,27-28H,11-12,18-20H2,1-10H3,(H,33,37)(H,34,38)(H,35,39)/t22-,23-,25?,27-,28-,44?/m0/s1. The third-order valence-corrected chi connectivity index (χ3v) is 9.94. The predicted molar refractivity (Wildman–Crippen MR) is 171 cm³/mol. The van der Waals surface area contributed by atoms with Crippen LogP contribution in [0.25, 0.3) is 0 Å². The van der Waals surface area contributed by atoms with E-state index in [4.69, 9.17) is 14.0 Å². The molecule has 11 nitrogen and oxygen atoms in total. The summed E-state index contributed by atoms with van der Waals surface area (Å²) in [6.07, 6.45) is 0.136. The van der Waals surface area contributed by atoms with E-state index in [0.29, 0.717) is 12.8 Å². The molecule has 1 aromatic carbocycles. The molecule has 0 radical (unpaired) electrons. The molecule has 1 rings (SSSR count). The molecule has 6 atom stereocenters. The van der Waals surface area contributed by atoms with E-state index in [9.17, 15) is 23.7 Å². The number of alkyl carbamates (subject to hydrolysis) is 1. The van der Waals surface area contributed by atoms with Crippen molar-refractivity contribution in [1.82, 2.24) is 16.0 Å². The summed E-state index contributed by atoms with van der Waals surface area (Å²) < 4.78 is 30.1. The lowest BCUT2D eigenvalue weighted by atomic mass is 9.95. The van der Waals surface area contributed by atoms with Gasteiger partial charge in [-0.1, -0.05) is 84.7 Å². The fourth-order valence-electron chi connectivity index (χ4n) is 4.41. The summed E-state index contributed by atoms with van der Waals surface area (Å²) in [4.78, 5) is 52.6. The van der Waals surface area contributed by atoms with E-state index in [1.807, 2.05) is 71.9 Å². The first-order valence-electron chi connectivity index (χ1n) is 15.4. The van der Waals surface area contributed by atoms with Crippen molar-refractivity contribution >= 4 is 31.2 Å². The van der Waals surface area contributed by atoms with Crippen molar-refractivity contribution in [1.29, 1.82) is 0 Å². The number of benzene rings is 1. The van der Waals surface area contributed by atoms with Crippen molar-refractivity contribution in [2.45, 2.75) is 112 Å². The van der Waals surface area contributed by atoms with Gasteiger partial charge in [0.1, 0.15) is 36.2 Å². The lowest BCUT2D eigenvalue weighted by molar-refractivity contribution is -0.151. The highest BCUT2D eigenvalue weighted by molar-refractivity contribution is 7.60. The number of rotatable bonds is 17. The van der Waals surface area contributed by atoms with Gasteiger partial charge in [0.05, 0.1) is 0 Å². The summed E-state index contributed by atoms with van der Waals surface area (Å²) in [7, 11) is -2.51. The number of ether oxygens (including phenoxy) is 2. The van der Waals surface area contributed by atoms with Gasteiger partial charge >= 0.3 is 12.1 Å². The van der Waals surface area contributed by atoms with E-state index in [0.717, 1.165) is 5.56 Å². The fourth-order valence-corrected chi connectivity index (χ4v) is 6.51. The molecule has 12 heteroatoms. The maximum Gasteiger partial charge on any atom is 0.408 e. The van der Waals surface area contributed by atoms with Crippen LogP contribution in [0.4, 0.5) is 4.79 Å². The van der Waals surface area contributed by atoms with Crippen molar-refractivity contribution < 1.29 is 37.7 Å². The Kier molecular flexibility index (Phi) is 16.1. The van der Waals surface area contributed by atoms with Gasteiger partial charge in [-0.3, -0.25) is 18.9 Å². The van der Waals surface area contributed by atoms with Crippen molar-refractivity contribution in [3.8, 4) is 0 Å². The van der Waals surface area contributed by atoms with Crippen LogP contribution in [-0.2, 0) is 39.6 Å². The predicted octanol–water partition coefficient (Wildman–Crippen LogP) is 5.61. The maximum atomic E-state index is 14.0. The van der Waals surface area contributed by atoms with Crippen LogP contribution in [0.5, 0.6) is 0 Å². The maximum absolute atomic E-state index is 14.0. The van der Waals surface area contributed by atoms with Gasteiger partial charge in [-0.2, -0.15) is 0 Å². The molecule has 3 amide bonds. The summed E-state index contributed by atoms with van der Waals surface area (Å²) in [6, 6.07) is 7.20. The SMILES string of the molecule is CC[C@H](C)[C@H](NC(=O)OCc1ccccc1)C(=O)N[C@H](C(=O)NC(CC(C)C)P(=O)(CC(=O)OC(C)(C)C)OC)[C@@H](C)CC. The molecule has 3 N–H and O–H groups in total. The zero-order valence-electron chi connectivity index (χ0n) is 28.1. The molecule has 0 spiro atoms. The zero-order chi connectivity index (χ0) is 33.7. The van der Waals surface area contributed by atoms with E-state index in [1.165, 1.54) is 7.11 Å². The minimum atomic E-state index is -3.76. The Labute approximate surface area is 263 Å². The minimum Gasteiger partial charge on any atom is -0.460 e. The van der Waals surface area contributed by atoms with Gasteiger partial charge in [0, 0.05) is 7.11 Å². The molecule has 1 aromatic rings. The second kappa shape index (κ2) is 18.2. The van der Waals surface area contributed by atoms with Gasteiger partial charge < -0.3 is 29.9 Å². The number of carbonyl (C=O) groups is 4. The minimum absolute atomic E-state index is 0.0000612. The normalized spacial score (nSPS) is 16.4. The molecule has 0 bridgehead atoms. The molecule has 2 unspecified atom stereocenters. The third kappa shape index (κ3) is 13.4. The van der Waals surface area contributed by atoms with Crippen LogP contribution in [-0.4, -0.2) is 60.6 Å². The van der Waals surface area contributed by atoms with Gasteiger partial charge in [-0.25, -0.2) is 4.79 Å². The average molecular weight is 640 g/mol. The van der Waals surface area contributed by atoms with Crippen molar-refractivity contribution in [2.75, 3.05) is 13.3 Å². The van der Waals surface area contributed by atoms with Crippen molar-refractivity contribution in [3.63, 3.8) is 0 Å². The van der Waals surface area contributed by atoms with Gasteiger partial charge in [0.15, 0.2) is 0 Å². The summed E-state index contributed by atoms with van der Waals surface area (Å²) in [5, 5.41) is 8.31. The highest BCUT2D eigenvalue weighted by Crippen LogP contribution is 2.52. The molecule has 0 aliphatic rings. The monoisotopic (exact) mass is 639 g/mol. The van der Waals surface area contributed by atoms with E-state index < -0.39 is 60.9 Å². The van der Waals surface area contributed by atoms with Crippen LogP contribution in [0.15, 0.2) is 30.3 Å². The van der Waals surface area contributed by atoms with Crippen LogP contribution < -0.4 is 16.0 Å². The average Bonchev–Trinajstić information content (AvgIpc) is 2.95. The molecular weight excluding hydrogens is 585 g/mol. The zero-order valence-corrected chi connectivity index (χ0v) is 29.0. The smallest absolute Gasteiger partial charge is 0.408 e. The van der Waals surface area contributed by atoms with E-state index in [-0.39, 0.29) is 30.8 Å². The molecular formula is C32H54N3O8P. The number of amides is 3. The fraction of sp³-hybridized carbons (Fsp3) is 0.688. The van der Waals surface area contributed by atoms with E-state index in [1.54, 1.807) is 20.8 Å². The van der Waals surface area contributed by atoms with Crippen molar-refractivity contribution in [2.24, 2.45) is 17.8 Å². The van der Waals surface area contributed by atoms with E-state index in [2.05, 4.69) is 16.0 Å². The Balaban J connectivity index is 3.17. The molecule has 0 saturated heterocycles. The van der Waals surface area contributed by atoms with Crippen LogP contribution in [0.1, 0.15) is 87.1 Å². The van der Waals surface area contributed by atoms with Crippen molar-refractivity contribution in [3.05, 3.63) is 35.9 Å². The molecule has 250 valence electrons. The Hall–Kier alpha value is -2.91. The van der Waals surface area contributed by atoms with Crippen LogP contribution in [0.3, 0.4) is 0 Å². The van der Waals surface area contributed by atoms with Gasteiger partial charge in [0.25, 0.3) is 0 Å². The third-order valence-electron chi connectivity index (χ3n) is 7.33. The molecule has 0 fully saturated rings. The molecule has 0 heterocycles. The number of hydrogen-bond acceptors (Lipinski definition) is 8. The largest absolute Gasteiger partial charge is 0.460 e. The van der Waals surface area contributed by atoms with Crippen LogP contribution >= 0.6 is 7.37 Å². The second-order valence-electron chi connectivity index (χ2n) is 12.7. The first kappa shape index (κ1) is 39.1. The van der Waals surface area contributed by atoms with Gasteiger partial charge in [-0.15, -0.1) is 0 Å². The van der Waals surface area contributed by atoms with Gasteiger partial charge in [0.2, 0.25) is 19.2 Å². The molecule has 0 saturated carbocycles. The highest BCUT2D eigenvalue weighted by Gasteiger charge is 2.41. The lowest BCUT2D eigenvalue weighted by Crippen LogP contribution is -2.58. The summed E-state index contributed by atoms with van der Waals surface area (Å²) >= 11 is 0. The quantitative estimate of drug-likeness (QED) is 0.147. The Morgan fingerprint density at radius 1 is 0.841 bits per heavy atom. The Bertz CT molecular complexity index is 1120. The molecule has 0 aliphatic heterocycles. The van der Waals surface area contributed by atoms with Crippen LogP contribution in [0.2, 0.25) is 0 Å². The first-order chi connectivity index (χ1) is 20.5. The number of carbonyl (C=O) groups excluding carboxylic acids is 4. The summed E-state index contributed by atoms with van der Waals surface area (Å²) in [5.74, 6) is -3.37. The molecule has 0 aliphatic carbocycles. The summed E-state index contributed by atoms with van der Waals surface area (Å²) in [5.41, 5.74) is 0.0173. The number of nitrogens with one attached hydrogen (secondary N) is 3. The number of esters is 1. The summed E-state index contributed by atoms with van der Waals surface area (Å²) in [6.45, 7) is 16.4. The first-order valence-corrected chi connectivity index (χ1v) is 17.3. The number of hydrogen-bond donors (Lipinski definition) is 3. The Morgan fingerprint density at radius 3 is 1.84 bits per heavy atom. The lowest BCUT2D eigenvalue weighted by Gasteiger charge is -2.32. The van der Waals surface area contributed by atoms with E-state index >= 15 is 0 Å².